The molecule has 1 aliphatic heterocycles. The van der Waals surface area contributed by atoms with Crippen molar-refractivity contribution in [1.29, 1.82) is 0 Å². The second-order valence-electron chi connectivity index (χ2n) is 5.65. The average molecular weight is 472 g/mol. The molecule has 0 aliphatic carbocycles. The Kier molecular flexibility index (Phi) is 7.06. The maximum atomic E-state index is 12.2. The molecular weight excluding hydrogens is 452 g/mol. The SMILES string of the molecule is CN(C)CCNC(=O)N1CCC(Oc2cc(Cl)cc(Cl)c2)C1I. The third kappa shape index (κ3) is 5.55. The summed E-state index contributed by atoms with van der Waals surface area (Å²) in [7, 11) is 3.95. The lowest BCUT2D eigenvalue weighted by Crippen LogP contribution is -2.45. The number of urea groups is 1. The molecule has 0 aromatic heterocycles. The van der Waals surface area contributed by atoms with Crippen LogP contribution < -0.4 is 10.1 Å². The Hall–Kier alpha value is -0.440. The lowest BCUT2D eigenvalue weighted by Gasteiger charge is -2.24. The van der Waals surface area contributed by atoms with Crippen LogP contribution in [0.1, 0.15) is 6.42 Å². The number of halogens is 3. The molecule has 1 fully saturated rings. The minimum absolute atomic E-state index is 0.0373. The highest BCUT2D eigenvalue weighted by atomic mass is 127. The van der Waals surface area contributed by atoms with Gasteiger partial charge in [-0.2, -0.15) is 0 Å². The number of hydrogen-bond donors (Lipinski definition) is 1. The number of alkyl halides is 1. The van der Waals surface area contributed by atoms with E-state index in [4.69, 9.17) is 27.9 Å². The molecule has 0 spiro atoms. The molecule has 23 heavy (non-hydrogen) atoms. The van der Waals surface area contributed by atoms with Crippen LogP contribution in [0.15, 0.2) is 18.2 Å². The molecule has 2 amide bonds. The van der Waals surface area contributed by atoms with E-state index in [0.717, 1.165) is 13.0 Å². The molecule has 0 bridgehead atoms. The summed E-state index contributed by atoms with van der Waals surface area (Å²) in [4.78, 5) is 16.1. The molecule has 8 heteroatoms. The van der Waals surface area contributed by atoms with Crippen LogP contribution in [0.5, 0.6) is 5.75 Å². The van der Waals surface area contributed by atoms with Crippen molar-refractivity contribution in [1.82, 2.24) is 15.1 Å². The van der Waals surface area contributed by atoms with Crippen molar-refractivity contribution >= 4 is 51.8 Å². The van der Waals surface area contributed by atoms with Gasteiger partial charge in [-0.25, -0.2) is 4.79 Å². The molecule has 2 rings (SSSR count). The van der Waals surface area contributed by atoms with Crippen LogP contribution in [-0.4, -0.2) is 59.7 Å². The fourth-order valence-electron chi connectivity index (χ4n) is 2.32. The van der Waals surface area contributed by atoms with Gasteiger partial charge in [0, 0.05) is 36.1 Å². The lowest BCUT2D eigenvalue weighted by molar-refractivity contribution is 0.180. The van der Waals surface area contributed by atoms with Crippen LogP contribution in [-0.2, 0) is 0 Å². The molecule has 1 aromatic carbocycles. The summed E-state index contributed by atoms with van der Waals surface area (Å²) in [5.74, 6) is 0.629. The number of rotatable bonds is 5. The zero-order chi connectivity index (χ0) is 17.0. The molecule has 1 N–H and O–H groups in total. The smallest absolute Gasteiger partial charge is 0.318 e. The average Bonchev–Trinajstić information content (AvgIpc) is 2.78. The summed E-state index contributed by atoms with van der Waals surface area (Å²) < 4.78 is 5.93. The first-order valence-electron chi connectivity index (χ1n) is 7.33. The molecule has 1 saturated heterocycles. The number of nitrogens with zero attached hydrogens (tertiary/aromatic N) is 2. The van der Waals surface area contributed by atoms with Crippen LogP contribution in [0.3, 0.4) is 0 Å². The highest BCUT2D eigenvalue weighted by molar-refractivity contribution is 14.1. The number of nitrogens with one attached hydrogen (secondary N) is 1. The van der Waals surface area contributed by atoms with E-state index >= 15 is 0 Å². The van der Waals surface area contributed by atoms with Gasteiger partial charge in [-0.3, -0.25) is 0 Å². The Morgan fingerprint density at radius 3 is 2.65 bits per heavy atom. The van der Waals surface area contributed by atoms with Crippen molar-refractivity contribution in [2.45, 2.75) is 16.6 Å². The molecule has 1 aromatic rings. The van der Waals surface area contributed by atoms with Crippen LogP contribution in [0, 0.1) is 0 Å². The van der Waals surface area contributed by atoms with E-state index in [1.165, 1.54) is 0 Å². The van der Waals surface area contributed by atoms with Crippen molar-refractivity contribution in [3.05, 3.63) is 28.2 Å². The molecule has 128 valence electrons. The topological polar surface area (TPSA) is 44.8 Å². The molecule has 2 unspecified atom stereocenters. The van der Waals surface area contributed by atoms with Gasteiger partial charge < -0.3 is 19.9 Å². The highest BCUT2D eigenvalue weighted by Gasteiger charge is 2.36. The van der Waals surface area contributed by atoms with Gasteiger partial charge in [0.1, 0.15) is 15.9 Å². The van der Waals surface area contributed by atoms with Gasteiger partial charge in [-0.15, -0.1) is 0 Å². The van der Waals surface area contributed by atoms with E-state index in [9.17, 15) is 4.79 Å². The van der Waals surface area contributed by atoms with Gasteiger partial charge in [0.25, 0.3) is 0 Å². The Balaban J connectivity index is 1.90. The second kappa shape index (κ2) is 8.60. The normalized spacial score (nSPS) is 20.9. The second-order valence-corrected chi connectivity index (χ2v) is 7.80. The van der Waals surface area contributed by atoms with Gasteiger partial charge >= 0.3 is 6.03 Å². The van der Waals surface area contributed by atoms with Crippen molar-refractivity contribution in [3.8, 4) is 5.75 Å². The van der Waals surface area contributed by atoms with E-state index in [1.807, 2.05) is 19.0 Å². The monoisotopic (exact) mass is 471 g/mol. The molecule has 1 heterocycles. The number of amides is 2. The van der Waals surface area contributed by atoms with Gasteiger partial charge in [0.2, 0.25) is 0 Å². The Morgan fingerprint density at radius 2 is 2.04 bits per heavy atom. The number of likely N-dealkylation sites (N-methyl/N-ethyl adjacent to an activating group) is 1. The van der Waals surface area contributed by atoms with Crippen LogP contribution in [0.25, 0.3) is 0 Å². The molecule has 0 saturated carbocycles. The van der Waals surface area contributed by atoms with E-state index in [-0.39, 0.29) is 16.2 Å². The van der Waals surface area contributed by atoms with Gasteiger partial charge in [0.15, 0.2) is 0 Å². The van der Waals surface area contributed by atoms with Crippen molar-refractivity contribution in [2.24, 2.45) is 0 Å². The Bertz CT molecular complexity index is 539. The highest BCUT2D eigenvalue weighted by Crippen LogP contribution is 2.30. The minimum atomic E-state index is -0.0790. The summed E-state index contributed by atoms with van der Waals surface area (Å²) in [6.07, 6.45) is 0.698. The van der Waals surface area contributed by atoms with Crippen LogP contribution in [0.4, 0.5) is 4.79 Å². The van der Waals surface area contributed by atoms with Crippen LogP contribution in [0.2, 0.25) is 10.0 Å². The zero-order valence-electron chi connectivity index (χ0n) is 13.1. The number of benzene rings is 1. The third-order valence-electron chi connectivity index (χ3n) is 3.48. The van der Waals surface area contributed by atoms with E-state index < -0.39 is 0 Å². The first kappa shape index (κ1) is 18.9. The van der Waals surface area contributed by atoms with E-state index in [1.54, 1.807) is 23.1 Å². The number of ether oxygens (including phenoxy) is 1. The summed E-state index contributed by atoms with van der Waals surface area (Å²) in [5.41, 5.74) is 0. The molecule has 1 aliphatic rings. The number of likely N-dealkylation sites (tertiary alicyclic amines) is 1. The largest absolute Gasteiger partial charge is 0.487 e. The van der Waals surface area contributed by atoms with E-state index in [0.29, 0.717) is 28.9 Å². The Morgan fingerprint density at radius 1 is 1.39 bits per heavy atom. The van der Waals surface area contributed by atoms with Crippen molar-refractivity contribution in [2.75, 3.05) is 33.7 Å². The van der Waals surface area contributed by atoms with Crippen molar-refractivity contribution in [3.63, 3.8) is 0 Å². The maximum Gasteiger partial charge on any atom is 0.318 e. The maximum absolute atomic E-state index is 12.2. The zero-order valence-corrected chi connectivity index (χ0v) is 16.7. The summed E-state index contributed by atoms with van der Waals surface area (Å²) in [6.45, 7) is 2.11. The molecular formula is C15H20Cl2IN3O2. The van der Waals surface area contributed by atoms with Gasteiger partial charge in [-0.1, -0.05) is 45.8 Å². The number of carbonyl (C=O) groups excluding carboxylic acids is 1. The molecule has 0 radical (unpaired) electrons. The predicted octanol–water partition coefficient (Wildman–Crippen LogP) is 3.48. The quantitative estimate of drug-likeness (QED) is 0.406. The fraction of sp³-hybridized carbons (Fsp3) is 0.533. The van der Waals surface area contributed by atoms with Gasteiger partial charge in [-0.05, 0) is 32.3 Å². The summed E-state index contributed by atoms with van der Waals surface area (Å²) >= 11 is 14.2. The standard InChI is InChI=1S/C15H20Cl2IN3O2/c1-20(2)6-4-19-15(22)21-5-3-13(14(21)18)23-12-8-10(16)7-11(17)9-12/h7-9,13-14H,3-6H2,1-2H3,(H,19,22). The lowest BCUT2D eigenvalue weighted by atomic mass is 10.3. The van der Waals surface area contributed by atoms with Gasteiger partial charge in [0.05, 0.1) is 0 Å². The van der Waals surface area contributed by atoms with E-state index in [2.05, 4.69) is 27.9 Å². The predicted molar refractivity (Wildman–Crippen MR) is 102 cm³/mol. The molecule has 5 nitrogen and oxygen atoms in total. The first-order chi connectivity index (χ1) is 10.9. The third-order valence-corrected chi connectivity index (χ3v) is 5.39. The Labute approximate surface area is 160 Å². The fourth-order valence-corrected chi connectivity index (χ4v) is 3.86. The summed E-state index contributed by atoms with van der Waals surface area (Å²) in [5, 5.41) is 4.00. The molecule has 2 atom stereocenters. The first-order valence-corrected chi connectivity index (χ1v) is 9.33. The summed E-state index contributed by atoms with van der Waals surface area (Å²) in [6, 6.07) is 5.07. The number of carbonyl (C=O) groups is 1. The minimum Gasteiger partial charge on any atom is -0.487 e. The van der Waals surface area contributed by atoms with Crippen LogP contribution >= 0.6 is 45.8 Å². The number of hydrogen-bond acceptors (Lipinski definition) is 3. The van der Waals surface area contributed by atoms with Crippen molar-refractivity contribution < 1.29 is 9.53 Å².